The van der Waals surface area contributed by atoms with E-state index in [4.69, 9.17) is 4.74 Å². The first kappa shape index (κ1) is 10.1. The van der Waals surface area contributed by atoms with Gasteiger partial charge in [-0.2, -0.15) is 0 Å². The summed E-state index contributed by atoms with van der Waals surface area (Å²) < 4.78 is 5.08. The normalized spacial score (nSPS) is 23.1. The van der Waals surface area contributed by atoms with Gasteiger partial charge in [0, 0.05) is 37.7 Å². The molecule has 0 bridgehead atoms. The van der Waals surface area contributed by atoms with Gasteiger partial charge in [-0.3, -0.25) is 0 Å². The van der Waals surface area contributed by atoms with E-state index in [0.29, 0.717) is 5.92 Å². The van der Waals surface area contributed by atoms with Crippen LogP contribution in [0.25, 0.3) is 0 Å². The molecule has 0 N–H and O–H groups in total. The Morgan fingerprint density at radius 3 is 3.36 bits per heavy atom. The summed E-state index contributed by atoms with van der Waals surface area (Å²) in [5.74, 6) is 0.659. The van der Waals surface area contributed by atoms with Crippen molar-refractivity contribution in [1.82, 2.24) is 9.88 Å². The molecular weight excluding hydrogens is 196 g/mol. The molecule has 1 aliphatic rings. The molecule has 0 aliphatic carbocycles. The third-order valence-electron chi connectivity index (χ3n) is 2.68. The molecule has 0 saturated carbocycles. The quantitative estimate of drug-likeness (QED) is 0.757. The van der Waals surface area contributed by atoms with Crippen LogP contribution >= 0.6 is 11.3 Å². The van der Waals surface area contributed by atoms with Gasteiger partial charge < -0.3 is 9.64 Å². The highest BCUT2D eigenvalue weighted by Crippen LogP contribution is 2.27. The number of hydrogen-bond acceptors (Lipinski definition) is 4. The van der Waals surface area contributed by atoms with Crippen molar-refractivity contribution in [2.45, 2.75) is 12.3 Å². The van der Waals surface area contributed by atoms with Crippen molar-refractivity contribution in [2.75, 3.05) is 33.4 Å². The number of likely N-dealkylation sites (tertiary alicyclic amines) is 1. The van der Waals surface area contributed by atoms with E-state index >= 15 is 0 Å². The van der Waals surface area contributed by atoms with Crippen LogP contribution in [0.1, 0.15) is 17.3 Å². The summed E-state index contributed by atoms with van der Waals surface area (Å²) in [6, 6.07) is 0. The van der Waals surface area contributed by atoms with E-state index in [1.807, 2.05) is 6.20 Å². The third kappa shape index (κ3) is 2.32. The number of aromatic nitrogens is 1. The monoisotopic (exact) mass is 212 g/mol. The smallest absolute Gasteiger partial charge is 0.0969 e. The van der Waals surface area contributed by atoms with Gasteiger partial charge >= 0.3 is 0 Å². The van der Waals surface area contributed by atoms with Crippen LogP contribution in [-0.2, 0) is 4.74 Å². The molecule has 1 aromatic heterocycles. The van der Waals surface area contributed by atoms with E-state index in [9.17, 15) is 0 Å². The number of rotatable bonds is 4. The van der Waals surface area contributed by atoms with Crippen LogP contribution in [0, 0.1) is 0 Å². The van der Waals surface area contributed by atoms with Crippen LogP contribution in [-0.4, -0.2) is 43.2 Å². The zero-order chi connectivity index (χ0) is 9.80. The lowest BCUT2D eigenvalue weighted by Gasteiger charge is -2.14. The molecule has 2 rings (SSSR count). The van der Waals surface area contributed by atoms with Crippen molar-refractivity contribution >= 4 is 11.3 Å². The van der Waals surface area contributed by atoms with Crippen molar-refractivity contribution in [3.8, 4) is 0 Å². The standard InChI is InChI=1S/C10H16N2OS/c1-13-6-5-12-4-2-9(8-12)10-11-3-7-14-10/h3,7,9H,2,4-6,8H2,1H3. The molecule has 0 spiro atoms. The highest BCUT2D eigenvalue weighted by atomic mass is 32.1. The Hall–Kier alpha value is -0.450. The Morgan fingerprint density at radius 2 is 2.64 bits per heavy atom. The number of nitrogens with zero attached hydrogens (tertiary/aromatic N) is 2. The first-order valence-electron chi connectivity index (χ1n) is 5.01. The Bertz CT molecular complexity index is 263. The Labute approximate surface area is 88.7 Å². The zero-order valence-electron chi connectivity index (χ0n) is 8.48. The summed E-state index contributed by atoms with van der Waals surface area (Å²) in [5.41, 5.74) is 0. The average molecular weight is 212 g/mol. The average Bonchev–Trinajstić information content (AvgIpc) is 2.85. The van der Waals surface area contributed by atoms with Crippen LogP contribution < -0.4 is 0 Å². The molecule has 14 heavy (non-hydrogen) atoms. The maximum absolute atomic E-state index is 5.08. The highest BCUT2D eigenvalue weighted by Gasteiger charge is 2.24. The van der Waals surface area contributed by atoms with Crippen molar-refractivity contribution in [3.05, 3.63) is 16.6 Å². The second-order valence-electron chi connectivity index (χ2n) is 3.65. The number of thiazole rings is 1. The molecule has 1 saturated heterocycles. The van der Waals surface area contributed by atoms with E-state index in [1.165, 1.54) is 18.0 Å². The summed E-state index contributed by atoms with van der Waals surface area (Å²) in [6.45, 7) is 4.23. The van der Waals surface area contributed by atoms with Crippen molar-refractivity contribution in [1.29, 1.82) is 0 Å². The molecular formula is C10H16N2OS. The molecule has 0 aromatic carbocycles. The topological polar surface area (TPSA) is 25.4 Å². The molecule has 1 aromatic rings. The van der Waals surface area contributed by atoms with E-state index in [-0.39, 0.29) is 0 Å². The van der Waals surface area contributed by atoms with Gasteiger partial charge in [0.25, 0.3) is 0 Å². The van der Waals surface area contributed by atoms with Gasteiger partial charge in [-0.25, -0.2) is 4.98 Å². The number of ether oxygens (including phenoxy) is 1. The lowest BCUT2D eigenvalue weighted by Crippen LogP contribution is -2.24. The van der Waals surface area contributed by atoms with Crippen molar-refractivity contribution in [3.63, 3.8) is 0 Å². The molecule has 0 radical (unpaired) electrons. The van der Waals surface area contributed by atoms with Crippen molar-refractivity contribution < 1.29 is 4.74 Å². The van der Waals surface area contributed by atoms with Gasteiger partial charge in [0.2, 0.25) is 0 Å². The molecule has 1 fully saturated rings. The molecule has 4 heteroatoms. The fraction of sp³-hybridized carbons (Fsp3) is 0.700. The molecule has 78 valence electrons. The lowest BCUT2D eigenvalue weighted by atomic mass is 10.1. The van der Waals surface area contributed by atoms with E-state index in [0.717, 1.165) is 19.7 Å². The van der Waals surface area contributed by atoms with Gasteiger partial charge in [-0.05, 0) is 13.0 Å². The first-order chi connectivity index (χ1) is 6.90. The first-order valence-corrected chi connectivity index (χ1v) is 5.89. The summed E-state index contributed by atoms with van der Waals surface area (Å²) in [7, 11) is 1.76. The van der Waals surface area contributed by atoms with Crippen LogP contribution in [0.15, 0.2) is 11.6 Å². The summed E-state index contributed by atoms with van der Waals surface area (Å²) in [4.78, 5) is 6.83. The maximum Gasteiger partial charge on any atom is 0.0969 e. The van der Waals surface area contributed by atoms with Gasteiger partial charge in [0.1, 0.15) is 0 Å². The second-order valence-corrected chi connectivity index (χ2v) is 4.58. The van der Waals surface area contributed by atoms with Gasteiger partial charge in [0.05, 0.1) is 11.6 Å². The molecule has 3 nitrogen and oxygen atoms in total. The number of methoxy groups -OCH3 is 1. The lowest BCUT2D eigenvalue weighted by molar-refractivity contribution is 0.160. The second kappa shape index (κ2) is 4.87. The predicted octanol–water partition coefficient (Wildman–Crippen LogP) is 1.58. The molecule has 0 amide bonds. The number of hydrogen-bond donors (Lipinski definition) is 0. The molecule has 1 aliphatic heterocycles. The highest BCUT2D eigenvalue weighted by molar-refractivity contribution is 7.09. The minimum absolute atomic E-state index is 0.659. The molecule has 2 heterocycles. The van der Waals surface area contributed by atoms with Crippen molar-refractivity contribution in [2.24, 2.45) is 0 Å². The van der Waals surface area contributed by atoms with Gasteiger partial charge in [0.15, 0.2) is 0 Å². The fourth-order valence-electron chi connectivity index (χ4n) is 1.89. The molecule has 1 unspecified atom stereocenters. The SMILES string of the molecule is COCCN1CCC(c2nccs2)C1. The van der Waals surface area contributed by atoms with Crippen LogP contribution in [0.3, 0.4) is 0 Å². The third-order valence-corrected chi connectivity index (χ3v) is 3.62. The largest absolute Gasteiger partial charge is 0.383 e. The summed E-state index contributed by atoms with van der Waals surface area (Å²) in [5, 5.41) is 3.36. The van der Waals surface area contributed by atoms with Gasteiger partial charge in [-0.1, -0.05) is 0 Å². The fourth-order valence-corrected chi connectivity index (χ4v) is 2.66. The van der Waals surface area contributed by atoms with E-state index in [1.54, 1.807) is 18.4 Å². The van der Waals surface area contributed by atoms with E-state index < -0.39 is 0 Å². The van der Waals surface area contributed by atoms with Crippen LogP contribution in [0.5, 0.6) is 0 Å². The predicted molar refractivity (Wildman–Crippen MR) is 57.8 cm³/mol. The Morgan fingerprint density at radius 1 is 1.71 bits per heavy atom. The van der Waals surface area contributed by atoms with Crippen LogP contribution in [0.2, 0.25) is 0 Å². The molecule has 1 atom stereocenters. The van der Waals surface area contributed by atoms with Gasteiger partial charge in [-0.15, -0.1) is 11.3 Å². The maximum atomic E-state index is 5.08. The van der Waals surface area contributed by atoms with Crippen LogP contribution in [0.4, 0.5) is 0 Å². The van der Waals surface area contributed by atoms with E-state index in [2.05, 4.69) is 15.3 Å². The summed E-state index contributed by atoms with van der Waals surface area (Å²) in [6.07, 6.45) is 3.15. The minimum Gasteiger partial charge on any atom is -0.383 e. The minimum atomic E-state index is 0.659. The zero-order valence-corrected chi connectivity index (χ0v) is 9.30. The Kier molecular flexibility index (Phi) is 3.50. The Balaban J connectivity index is 1.83. The summed E-state index contributed by atoms with van der Waals surface area (Å²) >= 11 is 1.78.